The highest BCUT2D eigenvalue weighted by molar-refractivity contribution is 5.27. The second-order valence-electron chi connectivity index (χ2n) is 5.72. The Balaban J connectivity index is 1.62. The zero-order valence-electron chi connectivity index (χ0n) is 12.5. The molecule has 1 aliphatic rings. The third kappa shape index (κ3) is 5.98. The lowest BCUT2D eigenvalue weighted by Crippen LogP contribution is -2.37. The van der Waals surface area contributed by atoms with Crippen LogP contribution in [0.3, 0.4) is 0 Å². The van der Waals surface area contributed by atoms with Gasteiger partial charge in [-0.25, -0.2) is 0 Å². The van der Waals surface area contributed by atoms with Crippen LogP contribution in [0.1, 0.15) is 25.3 Å². The summed E-state index contributed by atoms with van der Waals surface area (Å²) in [6.45, 7) is 4.71. The summed E-state index contributed by atoms with van der Waals surface area (Å²) >= 11 is 0. The maximum absolute atomic E-state index is 12.0. The Kier molecular flexibility index (Phi) is 6.39. The van der Waals surface area contributed by atoms with Gasteiger partial charge >= 0.3 is 6.61 Å². The molecule has 1 saturated heterocycles. The summed E-state index contributed by atoms with van der Waals surface area (Å²) in [6, 6.07) is 6.78. The average molecular weight is 298 g/mol. The molecule has 3 nitrogen and oxygen atoms in total. The number of hydrogen-bond donors (Lipinski definition) is 1. The van der Waals surface area contributed by atoms with E-state index in [0.717, 1.165) is 31.1 Å². The van der Waals surface area contributed by atoms with Crippen molar-refractivity contribution in [2.45, 2.75) is 32.9 Å². The molecule has 21 heavy (non-hydrogen) atoms. The van der Waals surface area contributed by atoms with Gasteiger partial charge in [-0.1, -0.05) is 19.1 Å². The molecule has 0 amide bonds. The number of halogens is 2. The molecule has 5 heteroatoms. The fraction of sp³-hybridized carbons (Fsp3) is 0.625. The van der Waals surface area contributed by atoms with E-state index in [1.165, 1.54) is 25.9 Å². The van der Waals surface area contributed by atoms with Crippen molar-refractivity contribution in [2.75, 3.05) is 26.2 Å². The van der Waals surface area contributed by atoms with Crippen molar-refractivity contribution >= 4 is 0 Å². The van der Waals surface area contributed by atoms with Gasteiger partial charge in [0, 0.05) is 19.6 Å². The molecule has 2 rings (SSSR count). The Labute approximate surface area is 125 Å². The van der Waals surface area contributed by atoms with Gasteiger partial charge in [0.05, 0.1) is 0 Å². The van der Waals surface area contributed by atoms with E-state index in [4.69, 9.17) is 0 Å². The highest BCUT2D eigenvalue weighted by Gasteiger charge is 2.14. The molecule has 1 N–H and O–H groups in total. The Morgan fingerprint density at radius 1 is 1.24 bits per heavy atom. The van der Waals surface area contributed by atoms with Gasteiger partial charge < -0.3 is 15.0 Å². The van der Waals surface area contributed by atoms with E-state index in [2.05, 4.69) is 21.9 Å². The molecule has 0 aromatic heterocycles. The topological polar surface area (TPSA) is 24.5 Å². The molecule has 1 aromatic carbocycles. The SMILES string of the molecule is CC1CCN(CCNCc2ccc(OC(F)F)cc2)CC1. The number of hydrogen-bond acceptors (Lipinski definition) is 3. The van der Waals surface area contributed by atoms with E-state index < -0.39 is 6.61 Å². The van der Waals surface area contributed by atoms with Crippen LogP contribution in [0.15, 0.2) is 24.3 Å². The second-order valence-corrected chi connectivity index (χ2v) is 5.72. The first-order chi connectivity index (χ1) is 10.1. The molecule has 0 spiro atoms. The summed E-state index contributed by atoms with van der Waals surface area (Å²) in [6.07, 6.45) is 2.59. The van der Waals surface area contributed by atoms with Crippen LogP contribution in [0.5, 0.6) is 5.75 Å². The van der Waals surface area contributed by atoms with E-state index in [9.17, 15) is 8.78 Å². The molecule has 118 valence electrons. The van der Waals surface area contributed by atoms with Crippen LogP contribution in [-0.4, -0.2) is 37.7 Å². The molecule has 0 unspecified atom stereocenters. The van der Waals surface area contributed by atoms with Crippen molar-refractivity contribution in [2.24, 2.45) is 5.92 Å². The fourth-order valence-electron chi connectivity index (χ4n) is 2.54. The molecular weight excluding hydrogens is 274 g/mol. The summed E-state index contributed by atoms with van der Waals surface area (Å²) in [4.78, 5) is 2.49. The van der Waals surface area contributed by atoms with Crippen molar-refractivity contribution < 1.29 is 13.5 Å². The molecule has 0 atom stereocenters. The maximum atomic E-state index is 12.0. The van der Waals surface area contributed by atoms with Crippen LogP contribution in [0.25, 0.3) is 0 Å². The second kappa shape index (κ2) is 8.29. The number of likely N-dealkylation sites (tertiary alicyclic amines) is 1. The molecule has 0 saturated carbocycles. The van der Waals surface area contributed by atoms with Crippen molar-refractivity contribution in [1.29, 1.82) is 0 Å². The normalized spacial score (nSPS) is 17.3. The van der Waals surface area contributed by atoms with Crippen molar-refractivity contribution in [1.82, 2.24) is 10.2 Å². The number of nitrogens with zero attached hydrogens (tertiary/aromatic N) is 1. The zero-order chi connectivity index (χ0) is 15.1. The molecule has 0 radical (unpaired) electrons. The van der Waals surface area contributed by atoms with Crippen molar-refractivity contribution in [3.05, 3.63) is 29.8 Å². The highest BCUT2D eigenvalue weighted by atomic mass is 19.3. The van der Waals surface area contributed by atoms with Crippen molar-refractivity contribution in [3.63, 3.8) is 0 Å². The number of rotatable bonds is 7. The lowest BCUT2D eigenvalue weighted by atomic mass is 9.99. The van der Waals surface area contributed by atoms with Crippen LogP contribution in [0, 0.1) is 5.92 Å². The largest absolute Gasteiger partial charge is 0.435 e. The fourth-order valence-corrected chi connectivity index (χ4v) is 2.54. The molecule has 1 aliphatic heterocycles. The number of nitrogens with one attached hydrogen (secondary N) is 1. The molecule has 1 aromatic rings. The summed E-state index contributed by atoms with van der Waals surface area (Å²) in [7, 11) is 0. The molecule has 1 heterocycles. The van der Waals surface area contributed by atoms with Crippen molar-refractivity contribution in [3.8, 4) is 5.75 Å². The van der Waals surface area contributed by atoms with Gasteiger partial charge in [0.1, 0.15) is 5.75 Å². The van der Waals surface area contributed by atoms with Gasteiger partial charge in [0.25, 0.3) is 0 Å². The van der Waals surface area contributed by atoms with Gasteiger partial charge in [0.15, 0.2) is 0 Å². The number of piperidine rings is 1. The first-order valence-electron chi connectivity index (χ1n) is 7.60. The van der Waals surface area contributed by atoms with E-state index in [0.29, 0.717) is 0 Å². The molecule has 0 bridgehead atoms. The van der Waals surface area contributed by atoms with Crippen LogP contribution >= 0.6 is 0 Å². The maximum Gasteiger partial charge on any atom is 0.387 e. The lowest BCUT2D eigenvalue weighted by molar-refractivity contribution is -0.0498. The number of ether oxygens (including phenoxy) is 1. The lowest BCUT2D eigenvalue weighted by Gasteiger charge is -2.30. The van der Waals surface area contributed by atoms with Gasteiger partial charge in [-0.2, -0.15) is 8.78 Å². The monoisotopic (exact) mass is 298 g/mol. The number of alkyl halides is 2. The first-order valence-corrected chi connectivity index (χ1v) is 7.60. The Hall–Kier alpha value is -1.20. The van der Waals surface area contributed by atoms with E-state index >= 15 is 0 Å². The third-order valence-electron chi connectivity index (χ3n) is 3.96. The smallest absolute Gasteiger partial charge is 0.387 e. The van der Waals surface area contributed by atoms with E-state index in [-0.39, 0.29) is 5.75 Å². The summed E-state index contributed by atoms with van der Waals surface area (Å²) < 4.78 is 28.4. The minimum absolute atomic E-state index is 0.205. The minimum atomic E-state index is -2.76. The predicted molar refractivity (Wildman–Crippen MR) is 79.6 cm³/mol. The van der Waals surface area contributed by atoms with Crippen LogP contribution in [0.4, 0.5) is 8.78 Å². The molecule has 0 aliphatic carbocycles. The van der Waals surface area contributed by atoms with Gasteiger partial charge in [-0.05, 0) is 49.5 Å². The standard InChI is InChI=1S/C16H24F2N2O/c1-13-6-9-20(10-7-13)11-8-19-12-14-2-4-15(5-3-14)21-16(17)18/h2-5,13,16,19H,6-12H2,1H3. The van der Waals surface area contributed by atoms with Gasteiger partial charge in [0.2, 0.25) is 0 Å². The summed E-state index contributed by atoms with van der Waals surface area (Å²) in [5.74, 6) is 1.07. The average Bonchev–Trinajstić information content (AvgIpc) is 2.46. The summed E-state index contributed by atoms with van der Waals surface area (Å²) in [5.41, 5.74) is 1.07. The quantitative estimate of drug-likeness (QED) is 0.783. The van der Waals surface area contributed by atoms with Gasteiger partial charge in [-0.15, -0.1) is 0 Å². The Morgan fingerprint density at radius 2 is 1.90 bits per heavy atom. The number of benzene rings is 1. The highest BCUT2D eigenvalue weighted by Crippen LogP contribution is 2.16. The molecule has 1 fully saturated rings. The van der Waals surface area contributed by atoms with Crippen LogP contribution in [-0.2, 0) is 6.54 Å². The predicted octanol–water partition coefficient (Wildman–Crippen LogP) is 3.11. The van der Waals surface area contributed by atoms with E-state index in [1.807, 2.05) is 12.1 Å². The van der Waals surface area contributed by atoms with Crippen LogP contribution < -0.4 is 10.1 Å². The Bertz CT molecular complexity index is 403. The van der Waals surface area contributed by atoms with Crippen LogP contribution in [0.2, 0.25) is 0 Å². The third-order valence-corrected chi connectivity index (χ3v) is 3.96. The Morgan fingerprint density at radius 3 is 2.52 bits per heavy atom. The molecular formula is C16H24F2N2O. The van der Waals surface area contributed by atoms with E-state index in [1.54, 1.807) is 12.1 Å². The first kappa shape index (κ1) is 16.2. The zero-order valence-corrected chi connectivity index (χ0v) is 12.5. The van der Waals surface area contributed by atoms with Gasteiger partial charge in [-0.3, -0.25) is 0 Å². The summed E-state index contributed by atoms with van der Waals surface area (Å²) in [5, 5.41) is 3.39. The minimum Gasteiger partial charge on any atom is -0.435 e.